The second-order valence-electron chi connectivity index (χ2n) is 8.40. The zero-order chi connectivity index (χ0) is 23.3. The Morgan fingerprint density at radius 2 is 2.06 bits per heavy atom. The van der Waals surface area contributed by atoms with Gasteiger partial charge in [0.05, 0.1) is 10.7 Å². The molecule has 0 amide bonds. The summed E-state index contributed by atoms with van der Waals surface area (Å²) in [5.74, 6) is 2.13. The SMILES string of the molecule is COCCCCC(CCNF)Nc1cc(-c2cccc(NCC3CCOCC3)n2)c(Cl)cn1. The molecule has 7 nitrogen and oxygen atoms in total. The minimum absolute atomic E-state index is 0.0899. The third kappa shape index (κ3) is 8.70. The average Bonchev–Trinajstić information content (AvgIpc) is 2.85. The maximum atomic E-state index is 12.5. The van der Waals surface area contributed by atoms with Crippen molar-refractivity contribution in [3.63, 3.8) is 0 Å². The van der Waals surface area contributed by atoms with Crippen molar-refractivity contribution >= 4 is 23.2 Å². The quantitative estimate of drug-likeness (QED) is 0.257. The highest BCUT2D eigenvalue weighted by atomic mass is 35.5. The van der Waals surface area contributed by atoms with Gasteiger partial charge in [-0.05, 0) is 62.6 Å². The number of nitrogens with zero attached hydrogens (tertiary/aromatic N) is 2. The van der Waals surface area contributed by atoms with Crippen molar-refractivity contribution in [2.24, 2.45) is 5.92 Å². The number of pyridine rings is 2. The van der Waals surface area contributed by atoms with Crippen molar-refractivity contribution < 1.29 is 14.0 Å². The van der Waals surface area contributed by atoms with Crippen LogP contribution in [0.25, 0.3) is 11.3 Å². The molecular weight excluding hydrogens is 445 g/mol. The van der Waals surface area contributed by atoms with E-state index in [4.69, 9.17) is 26.1 Å². The number of rotatable bonds is 14. The Balaban J connectivity index is 1.66. The predicted octanol–water partition coefficient (Wildman–Crippen LogP) is 5.10. The lowest BCUT2D eigenvalue weighted by atomic mass is 10.0. The number of hydrogen-bond acceptors (Lipinski definition) is 7. The van der Waals surface area contributed by atoms with Gasteiger partial charge in [-0.2, -0.15) is 5.54 Å². The van der Waals surface area contributed by atoms with Crippen molar-refractivity contribution in [3.8, 4) is 11.3 Å². The topological polar surface area (TPSA) is 80.3 Å². The van der Waals surface area contributed by atoms with Crippen LogP contribution in [0.4, 0.5) is 16.1 Å². The Kier molecular flexibility index (Phi) is 11.1. The van der Waals surface area contributed by atoms with E-state index in [1.54, 1.807) is 18.8 Å². The van der Waals surface area contributed by atoms with Gasteiger partial charge in [0.2, 0.25) is 0 Å². The second kappa shape index (κ2) is 14.3. The lowest BCUT2D eigenvalue weighted by Gasteiger charge is -2.22. The Bertz CT molecular complexity index is 838. The van der Waals surface area contributed by atoms with Crippen LogP contribution in [0.1, 0.15) is 38.5 Å². The molecule has 2 aromatic rings. The Morgan fingerprint density at radius 3 is 2.85 bits per heavy atom. The first-order valence-electron chi connectivity index (χ1n) is 11.7. The zero-order valence-electron chi connectivity index (χ0n) is 19.3. The van der Waals surface area contributed by atoms with Crippen LogP contribution < -0.4 is 16.2 Å². The molecule has 1 saturated heterocycles. The van der Waals surface area contributed by atoms with Crippen LogP contribution in [0, 0.1) is 5.92 Å². The van der Waals surface area contributed by atoms with Crippen molar-refractivity contribution in [2.75, 3.05) is 50.7 Å². The normalized spacial score (nSPS) is 15.4. The van der Waals surface area contributed by atoms with Gasteiger partial charge in [0.15, 0.2) is 0 Å². The van der Waals surface area contributed by atoms with E-state index >= 15 is 0 Å². The summed E-state index contributed by atoms with van der Waals surface area (Å²) in [6, 6.07) is 7.89. The van der Waals surface area contributed by atoms with Gasteiger partial charge in [-0.15, -0.1) is 4.48 Å². The highest BCUT2D eigenvalue weighted by molar-refractivity contribution is 6.33. The molecule has 3 N–H and O–H groups in total. The second-order valence-corrected chi connectivity index (χ2v) is 8.80. The van der Waals surface area contributed by atoms with Crippen LogP contribution in [0.5, 0.6) is 0 Å². The smallest absolute Gasteiger partial charge is 0.126 e. The predicted molar refractivity (Wildman–Crippen MR) is 131 cm³/mol. The van der Waals surface area contributed by atoms with Crippen LogP contribution in [0.15, 0.2) is 30.5 Å². The van der Waals surface area contributed by atoms with Gasteiger partial charge in [-0.3, -0.25) is 0 Å². The van der Waals surface area contributed by atoms with E-state index in [1.807, 2.05) is 24.3 Å². The van der Waals surface area contributed by atoms with Gasteiger partial charge >= 0.3 is 0 Å². The first kappa shape index (κ1) is 25.6. The molecule has 0 aliphatic carbocycles. The molecule has 1 aliphatic heterocycles. The molecule has 182 valence electrons. The standard InChI is InChI=1S/C24H35ClFN5O2/c1-32-12-3-2-5-19(8-11-29-26)30-24-15-20(21(25)17-28-24)22-6-4-7-23(31-22)27-16-18-9-13-33-14-10-18/h4,6-7,15,17-19,29H,2-3,5,8-14,16H2,1H3,(H,27,31)(H,28,30). The Labute approximate surface area is 200 Å². The van der Waals surface area contributed by atoms with Gasteiger partial charge in [0.25, 0.3) is 0 Å². The minimum Gasteiger partial charge on any atom is -0.385 e. The van der Waals surface area contributed by atoms with Crippen molar-refractivity contribution in [1.29, 1.82) is 0 Å². The molecular formula is C24H35ClFN5O2. The first-order chi connectivity index (χ1) is 16.2. The first-order valence-corrected chi connectivity index (χ1v) is 12.1. The minimum atomic E-state index is 0.0899. The van der Waals surface area contributed by atoms with Gasteiger partial charge in [0, 0.05) is 57.8 Å². The number of unbranched alkanes of at least 4 members (excludes halogenated alkanes) is 1. The Morgan fingerprint density at radius 1 is 1.21 bits per heavy atom. The van der Waals surface area contributed by atoms with Crippen LogP contribution in [0.3, 0.4) is 0 Å². The number of hydrogen-bond donors (Lipinski definition) is 3. The van der Waals surface area contributed by atoms with E-state index in [0.717, 1.165) is 75.5 Å². The lowest BCUT2D eigenvalue weighted by Crippen LogP contribution is -2.24. The number of nitrogens with one attached hydrogen (secondary N) is 3. The fourth-order valence-corrected chi connectivity index (χ4v) is 4.16. The van der Waals surface area contributed by atoms with E-state index in [9.17, 15) is 4.48 Å². The van der Waals surface area contributed by atoms with E-state index in [0.29, 0.717) is 23.2 Å². The van der Waals surface area contributed by atoms with Gasteiger partial charge in [0.1, 0.15) is 11.6 Å². The van der Waals surface area contributed by atoms with Crippen LogP contribution in [-0.4, -0.2) is 56.0 Å². The molecule has 1 unspecified atom stereocenters. The van der Waals surface area contributed by atoms with Crippen LogP contribution >= 0.6 is 11.6 Å². The number of aromatic nitrogens is 2. The third-order valence-electron chi connectivity index (χ3n) is 5.88. The molecule has 33 heavy (non-hydrogen) atoms. The third-order valence-corrected chi connectivity index (χ3v) is 6.18. The molecule has 9 heteroatoms. The maximum Gasteiger partial charge on any atom is 0.126 e. The van der Waals surface area contributed by atoms with E-state index in [2.05, 4.69) is 15.6 Å². The molecule has 1 atom stereocenters. The largest absolute Gasteiger partial charge is 0.385 e. The van der Waals surface area contributed by atoms with Crippen molar-refractivity contribution in [3.05, 3.63) is 35.5 Å². The summed E-state index contributed by atoms with van der Waals surface area (Å²) in [6.07, 6.45) is 7.28. The zero-order valence-corrected chi connectivity index (χ0v) is 20.0. The summed E-state index contributed by atoms with van der Waals surface area (Å²) in [5.41, 5.74) is 3.34. The van der Waals surface area contributed by atoms with Gasteiger partial charge in [-0.25, -0.2) is 9.97 Å². The summed E-state index contributed by atoms with van der Waals surface area (Å²) >= 11 is 6.48. The lowest BCUT2D eigenvalue weighted by molar-refractivity contribution is 0.0699. The number of anilines is 2. The molecule has 0 radical (unpaired) electrons. The monoisotopic (exact) mass is 479 g/mol. The summed E-state index contributed by atoms with van der Waals surface area (Å²) in [6.45, 7) is 3.55. The highest BCUT2D eigenvalue weighted by Gasteiger charge is 2.15. The van der Waals surface area contributed by atoms with Crippen LogP contribution in [-0.2, 0) is 9.47 Å². The van der Waals surface area contributed by atoms with Gasteiger partial charge in [-0.1, -0.05) is 17.7 Å². The molecule has 3 rings (SSSR count). The van der Waals surface area contributed by atoms with Gasteiger partial charge < -0.3 is 20.1 Å². The fraction of sp³-hybridized carbons (Fsp3) is 0.583. The molecule has 0 bridgehead atoms. The molecule has 0 spiro atoms. The van der Waals surface area contributed by atoms with E-state index in [-0.39, 0.29) is 12.6 Å². The number of ether oxygens (including phenoxy) is 2. The number of methoxy groups -OCH3 is 1. The molecule has 2 aromatic heterocycles. The summed E-state index contributed by atoms with van der Waals surface area (Å²) < 4.78 is 23.1. The van der Waals surface area contributed by atoms with E-state index in [1.165, 1.54) is 0 Å². The molecule has 0 saturated carbocycles. The molecule has 0 aromatic carbocycles. The maximum absolute atomic E-state index is 12.5. The summed E-state index contributed by atoms with van der Waals surface area (Å²) in [4.78, 5) is 9.21. The summed E-state index contributed by atoms with van der Waals surface area (Å²) in [5, 5.41) is 7.43. The van der Waals surface area contributed by atoms with E-state index < -0.39 is 0 Å². The number of halogens is 2. The van der Waals surface area contributed by atoms with Crippen molar-refractivity contribution in [1.82, 2.24) is 15.5 Å². The molecule has 1 aliphatic rings. The highest BCUT2D eigenvalue weighted by Crippen LogP contribution is 2.29. The average molecular weight is 480 g/mol. The fourth-order valence-electron chi connectivity index (χ4n) is 3.96. The molecule has 1 fully saturated rings. The molecule has 3 heterocycles. The van der Waals surface area contributed by atoms with Crippen molar-refractivity contribution in [2.45, 2.75) is 44.6 Å². The summed E-state index contributed by atoms with van der Waals surface area (Å²) in [7, 11) is 1.70. The van der Waals surface area contributed by atoms with Crippen LogP contribution in [0.2, 0.25) is 5.02 Å². The Hall–Kier alpha value is -2.00.